The zero-order valence-electron chi connectivity index (χ0n) is 10.2. The van der Waals surface area contributed by atoms with Crippen molar-refractivity contribution < 1.29 is 9.72 Å². The first-order chi connectivity index (χ1) is 9.47. The average Bonchev–Trinajstić information content (AvgIpc) is 2.41. The lowest BCUT2D eigenvalue weighted by Crippen LogP contribution is -2.14. The molecular weight excluding hydrogens is 282 g/mol. The summed E-state index contributed by atoms with van der Waals surface area (Å²) in [6.45, 7) is 0. The van der Waals surface area contributed by atoms with Gasteiger partial charge < -0.3 is 11.1 Å². The van der Waals surface area contributed by atoms with E-state index >= 15 is 0 Å². The molecule has 1 amide bonds. The molecule has 20 heavy (non-hydrogen) atoms. The molecule has 0 radical (unpaired) electrons. The molecule has 2 aromatic carbocycles. The first-order valence-corrected chi connectivity index (χ1v) is 5.96. The van der Waals surface area contributed by atoms with Gasteiger partial charge in [0.25, 0.3) is 11.6 Å². The van der Waals surface area contributed by atoms with Crippen LogP contribution in [0.3, 0.4) is 0 Å². The third-order valence-corrected chi connectivity index (χ3v) is 2.85. The summed E-state index contributed by atoms with van der Waals surface area (Å²) in [6.07, 6.45) is 0. The lowest BCUT2D eigenvalue weighted by Gasteiger charge is -2.07. The Kier molecular flexibility index (Phi) is 3.86. The highest BCUT2D eigenvalue weighted by Crippen LogP contribution is 2.21. The van der Waals surface area contributed by atoms with Gasteiger partial charge in [-0.15, -0.1) is 0 Å². The summed E-state index contributed by atoms with van der Waals surface area (Å²) < 4.78 is 0. The van der Waals surface area contributed by atoms with Gasteiger partial charge in [-0.25, -0.2) is 0 Å². The van der Waals surface area contributed by atoms with Gasteiger partial charge >= 0.3 is 0 Å². The normalized spacial score (nSPS) is 10.1. The van der Waals surface area contributed by atoms with Gasteiger partial charge in [-0.1, -0.05) is 11.6 Å². The van der Waals surface area contributed by atoms with Crippen LogP contribution in [0.1, 0.15) is 10.4 Å². The van der Waals surface area contributed by atoms with E-state index in [-0.39, 0.29) is 16.9 Å². The number of hydrogen-bond acceptors (Lipinski definition) is 4. The van der Waals surface area contributed by atoms with E-state index in [1.54, 1.807) is 24.3 Å². The number of non-ortho nitro benzene ring substituents is 1. The standard InChI is InChI=1S/C13H10ClN3O3/c14-8-1-3-9(4-2-8)16-13(18)11-7-10(17(19)20)5-6-12(11)15/h1-7H,15H2,(H,16,18). The predicted octanol–water partition coefficient (Wildman–Crippen LogP) is 3.08. The number of carbonyl (C=O) groups is 1. The van der Waals surface area contributed by atoms with Gasteiger partial charge in [0.2, 0.25) is 0 Å². The zero-order valence-corrected chi connectivity index (χ0v) is 10.9. The molecule has 3 N–H and O–H groups in total. The van der Waals surface area contributed by atoms with Crippen LogP contribution in [0.25, 0.3) is 0 Å². The summed E-state index contributed by atoms with van der Waals surface area (Å²) in [5, 5.41) is 13.8. The minimum absolute atomic E-state index is 0.0501. The quantitative estimate of drug-likeness (QED) is 0.516. The Balaban J connectivity index is 2.26. The Bertz CT molecular complexity index is 671. The summed E-state index contributed by atoms with van der Waals surface area (Å²) in [5.41, 5.74) is 6.21. The largest absolute Gasteiger partial charge is 0.398 e. The van der Waals surface area contributed by atoms with Crippen molar-refractivity contribution in [1.29, 1.82) is 0 Å². The molecule has 6 nitrogen and oxygen atoms in total. The monoisotopic (exact) mass is 291 g/mol. The van der Waals surface area contributed by atoms with Gasteiger partial charge in [-0.05, 0) is 30.3 Å². The molecular formula is C13H10ClN3O3. The van der Waals surface area contributed by atoms with E-state index in [1.807, 2.05) is 0 Å². The molecule has 0 spiro atoms. The number of carbonyl (C=O) groups excluding carboxylic acids is 1. The maximum atomic E-state index is 12.0. The Morgan fingerprint density at radius 3 is 2.45 bits per heavy atom. The fraction of sp³-hybridized carbons (Fsp3) is 0. The number of nitro benzene ring substituents is 1. The van der Waals surface area contributed by atoms with Crippen molar-refractivity contribution in [3.63, 3.8) is 0 Å². The molecule has 0 aromatic heterocycles. The van der Waals surface area contributed by atoms with Gasteiger partial charge in [0.05, 0.1) is 10.5 Å². The summed E-state index contributed by atoms with van der Waals surface area (Å²) in [6, 6.07) is 10.2. The molecule has 0 unspecified atom stereocenters. The second-order valence-electron chi connectivity index (χ2n) is 3.99. The molecule has 0 heterocycles. The topological polar surface area (TPSA) is 98.3 Å². The van der Waals surface area contributed by atoms with Crippen LogP contribution in [0.15, 0.2) is 42.5 Å². The number of nitro groups is 1. The van der Waals surface area contributed by atoms with E-state index in [0.717, 1.165) is 6.07 Å². The molecule has 0 fully saturated rings. The molecule has 0 saturated heterocycles. The first-order valence-electron chi connectivity index (χ1n) is 5.58. The van der Waals surface area contributed by atoms with Gasteiger partial charge in [-0.2, -0.15) is 0 Å². The molecule has 2 rings (SSSR count). The van der Waals surface area contributed by atoms with Crippen molar-refractivity contribution >= 4 is 34.6 Å². The van der Waals surface area contributed by atoms with Crippen molar-refractivity contribution in [3.8, 4) is 0 Å². The highest BCUT2D eigenvalue weighted by Gasteiger charge is 2.15. The number of benzene rings is 2. The fourth-order valence-electron chi connectivity index (χ4n) is 1.59. The van der Waals surface area contributed by atoms with Crippen LogP contribution in [-0.2, 0) is 0 Å². The fourth-order valence-corrected chi connectivity index (χ4v) is 1.71. The Morgan fingerprint density at radius 2 is 1.85 bits per heavy atom. The number of rotatable bonds is 3. The maximum Gasteiger partial charge on any atom is 0.270 e. The van der Waals surface area contributed by atoms with Crippen LogP contribution in [0.4, 0.5) is 17.1 Å². The number of nitrogens with one attached hydrogen (secondary N) is 1. The molecule has 102 valence electrons. The molecule has 2 aromatic rings. The van der Waals surface area contributed by atoms with Crippen molar-refractivity contribution in [2.45, 2.75) is 0 Å². The number of nitrogen functional groups attached to an aromatic ring is 1. The first kappa shape index (κ1) is 13.8. The van der Waals surface area contributed by atoms with Crippen LogP contribution >= 0.6 is 11.6 Å². The number of nitrogens with two attached hydrogens (primary N) is 1. The SMILES string of the molecule is Nc1ccc([N+](=O)[O-])cc1C(=O)Nc1ccc(Cl)cc1. The van der Waals surface area contributed by atoms with Crippen LogP contribution < -0.4 is 11.1 Å². The third kappa shape index (κ3) is 3.04. The van der Waals surface area contributed by atoms with E-state index in [9.17, 15) is 14.9 Å². The Hall–Kier alpha value is -2.60. The summed E-state index contributed by atoms with van der Waals surface area (Å²) in [4.78, 5) is 22.2. The van der Waals surface area contributed by atoms with Crippen LogP contribution in [0, 0.1) is 10.1 Å². The van der Waals surface area contributed by atoms with Crippen LogP contribution in [0.5, 0.6) is 0 Å². The molecule has 0 aliphatic carbocycles. The molecule has 0 aliphatic heterocycles. The van der Waals surface area contributed by atoms with E-state index in [4.69, 9.17) is 17.3 Å². The molecule has 0 aliphatic rings. The van der Waals surface area contributed by atoms with Crippen molar-refractivity contribution in [3.05, 3.63) is 63.2 Å². The van der Waals surface area contributed by atoms with Crippen molar-refractivity contribution in [2.24, 2.45) is 0 Å². The Morgan fingerprint density at radius 1 is 1.20 bits per heavy atom. The molecule has 0 atom stereocenters. The Labute approximate surface area is 119 Å². The van der Waals surface area contributed by atoms with E-state index in [2.05, 4.69) is 5.32 Å². The number of nitrogens with zero attached hydrogens (tertiary/aromatic N) is 1. The number of halogens is 1. The summed E-state index contributed by atoms with van der Waals surface area (Å²) >= 11 is 5.74. The summed E-state index contributed by atoms with van der Waals surface area (Å²) in [5.74, 6) is -0.520. The van der Waals surface area contributed by atoms with Crippen LogP contribution in [-0.4, -0.2) is 10.8 Å². The maximum absolute atomic E-state index is 12.0. The van der Waals surface area contributed by atoms with Gasteiger partial charge in [0.15, 0.2) is 0 Å². The van der Waals surface area contributed by atoms with Crippen molar-refractivity contribution in [1.82, 2.24) is 0 Å². The number of hydrogen-bond donors (Lipinski definition) is 2. The number of anilines is 2. The molecule has 0 bridgehead atoms. The van der Waals surface area contributed by atoms with Gasteiger partial charge in [0.1, 0.15) is 0 Å². The average molecular weight is 292 g/mol. The lowest BCUT2D eigenvalue weighted by molar-refractivity contribution is -0.384. The molecule has 7 heteroatoms. The van der Waals surface area contributed by atoms with Gasteiger partial charge in [-0.3, -0.25) is 14.9 Å². The van der Waals surface area contributed by atoms with E-state index < -0.39 is 10.8 Å². The predicted molar refractivity (Wildman–Crippen MR) is 76.9 cm³/mol. The van der Waals surface area contributed by atoms with E-state index in [1.165, 1.54) is 12.1 Å². The summed E-state index contributed by atoms with van der Waals surface area (Å²) in [7, 11) is 0. The van der Waals surface area contributed by atoms with Crippen LogP contribution in [0.2, 0.25) is 5.02 Å². The second kappa shape index (κ2) is 5.58. The molecule has 0 saturated carbocycles. The minimum Gasteiger partial charge on any atom is -0.398 e. The van der Waals surface area contributed by atoms with Crippen molar-refractivity contribution in [2.75, 3.05) is 11.1 Å². The highest BCUT2D eigenvalue weighted by atomic mass is 35.5. The minimum atomic E-state index is -0.585. The number of amides is 1. The lowest BCUT2D eigenvalue weighted by atomic mass is 10.1. The second-order valence-corrected chi connectivity index (χ2v) is 4.43. The van der Waals surface area contributed by atoms with E-state index in [0.29, 0.717) is 10.7 Å². The smallest absolute Gasteiger partial charge is 0.270 e. The zero-order chi connectivity index (χ0) is 14.7. The van der Waals surface area contributed by atoms with Gasteiger partial charge in [0, 0.05) is 28.5 Å². The highest BCUT2D eigenvalue weighted by molar-refractivity contribution is 6.30. The third-order valence-electron chi connectivity index (χ3n) is 2.59.